The highest BCUT2D eigenvalue weighted by Crippen LogP contribution is 2.41. The number of carboxylic acid groups (broad SMARTS) is 1. The summed E-state index contributed by atoms with van der Waals surface area (Å²) >= 11 is 9.80. The van der Waals surface area contributed by atoms with Crippen LogP contribution in [0.15, 0.2) is 57.5 Å². The highest BCUT2D eigenvalue weighted by molar-refractivity contribution is 9.10. The topological polar surface area (TPSA) is 75.4 Å². The smallest absolute Gasteiger partial charge is 0.405 e. The fraction of sp³-hybridized carbons (Fsp3) is 0.158. The van der Waals surface area contributed by atoms with Crippen LogP contribution in [0.25, 0.3) is 11.3 Å². The zero-order valence-electron chi connectivity index (χ0n) is 14.1. The van der Waals surface area contributed by atoms with Crippen LogP contribution < -0.4 is 5.32 Å². The van der Waals surface area contributed by atoms with Crippen molar-refractivity contribution in [1.29, 1.82) is 0 Å². The summed E-state index contributed by atoms with van der Waals surface area (Å²) in [7, 11) is 0. The molecule has 26 heavy (non-hydrogen) atoms. The first-order valence-electron chi connectivity index (χ1n) is 7.81. The van der Waals surface area contributed by atoms with E-state index in [9.17, 15) is 9.90 Å². The van der Waals surface area contributed by atoms with E-state index in [0.717, 1.165) is 10.0 Å². The number of aryl methyl sites for hydroxylation is 1. The van der Waals surface area contributed by atoms with E-state index in [1.807, 2.05) is 30.3 Å². The van der Waals surface area contributed by atoms with Gasteiger partial charge in [-0.2, -0.15) is 0 Å². The molecule has 0 saturated carbocycles. The average Bonchev–Trinajstić information content (AvgIpc) is 2.97. The molecular formula is C19H16BrClN2O3. The Morgan fingerprint density at radius 3 is 2.50 bits per heavy atom. The van der Waals surface area contributed by atoms with Crippen LogP contribution in [0.3, 0.4) is 0 Å². The molecule has 1 heterocycles. The molecule has 1 unspecified atom stereocenters. The van der Waals surface area contributed by atoms with Crippen molar-refractivity contribution < 1.29 is 14.4 Å². The van der Waals surface area contributed by atoms with Crippen LogP contribution in [0.2, 0.25) is 5.02 Å². The second-order valence-electron chi connectivity index (χ2n) is 6.01. The summed E-state index contributed by atoms with van der Waals surface area (Å²) in [4.78, 5) is 11.6. The van der Waals surface area contributed by atoms with Gasteiger partial charge in [-0.25, -0.2) is 4.79 Å². The molecule has 0 radical (unpaired) electrons. The van der Waals surface area contributed by atoms with E-state index in [1.165, 1.54) is 0 Å². The summed E-state index contributed by atoms with van der Waals surface area (Å²) in [5, 5.41) is 16.6. The Hall–Kier alpha value is -2.31. The van der Waals surface area contributed by atoms with Gasteiger partial charge in [0.15, 0.2) is 5.76 Å². The van der Waals surface area contributed by atoms with E-state index in [-0.39, 0.29) is 0 Å². The lowest BCUT2D eigenvalue weighted by atomic mass is 9.82. The summed E-state index contributed by atoms with van der Waals surface area (Å²) in [6.45, 7) is 3.53. The second kappa shape index (κ2) is 7.13. The first-order valence-corrected chi connectivity index (χ1v) is 8.99. The summed E-state index contributed by atoms with van der Waals surface area (Å²) in [6.07, 6.45) is -1.17. The van der Waals surface area contributed by atoms with Crippen LogP contribution in [0.4, 0.5) is 4.79 Å². The van der Waals surface area contributed by atoms with Gasteiger partial charge in [-0.1, -0.05) is 63.0 Å². The molecule has 7 heteroatoms. The van der Waals surface area contributed by atoms with Crippen molar-refractivity contribution in [2.45, 2.75) is 19.4 Å². The third-order valence-corrected chi connectivity index (χ3v) is 5.10. The Morgan fingerprint density at radius 1 is 1.23 bits per heavy atom. The van der Waals surface area contributed by atoms with E-state index in [0.29, 0.717) is 27.6 Å². The van der Waals surface area contributed by atoms with Crippen LogP contribution in [0.5, 0.6) is 0 Å². The maximum atomic E-state index is 11.6. The quantitative estimate of drug-likeness (QED) is 0.559. The first-order chi connectivity index (χ1) is 12.3. The standard InChI is InChI=1S/C19H16BrClN2O3/c1-11-16(17(26-23-11)12-7-9-13(20)10-8-12)19(2,22-18(24)25)14-5-3-4-6-15(14)21/h3-10,22H,1-2H3,(H,24,25). The molecule has 0 saturated heterocycles. The van der Waals surface area contributed by atoms with Gasteiger partial charge in [0, 0.05) is 20.6 Å². The predicted molar refractivity (Wildman–Crippen MR) is 103 cm³/mol. The van der Waals surface area contributed by atoms with E-state index < -0.39 is 11.6 Å². The molecule has 0 fully saturated rings. The largest absolute Gasteiger partial charge is 0.465 e. The number of hydrogen-bond donors (Lipinski definition) is 2. The maximum absolute atomic E-state index is 11.6. The van der Waals surface area contributed by atoms with Crippen molar-refractivity contribution in [3.8, 4) is 11.3 Å². The molecule has 1 amide bonds. The minimum absolute atomic E-state index is 0.450. The zero-order valence-corrected chi connectivity index (χ0v) is 16.4. The molecule has 1 aromatic heterocycles. The number of rotatable bonds is 4. The average molecular weight is 436 g/mol. The van der Waals surface area contributed by atoms with Gasteiger partial charge in [0.1, 0.15) is 0 Å². The normalized spacial score (nSPS) is 13.2. The Labute approximate surface area is 164 Å². The maximum Gasteiger partial charge on any atom is 0.405 e. The van der Waals surface area contributed by atoms with Crippen LogP contribution in [-0.2, 0) is 5.54 Å². The molecule has 0 bridgehead atoms. The van der Waals surface area contributed by atoms with Crippen molar-refractivity contribution in [2.24, 2.45) is 0 Å². The summed E-state index contributed by atoms with van der Waals surface area (Å²) in [5.41, 5.74) is 1.47. The number of nitrogens with zero attached hydrogens (tertiary/aromatic N) is 1. The molecule has 2 N–H and O–H groups in total. The van der Waals surface area contributed by atoms with E-state index in [4.69, 9.17) is 16.1 Å². The van der Waals surface area contributed by atoms with E-state index in [1.54, 1.807) is 32.0 Å². The van der Waals surface area contributed by atoms with Crippen molar-refractivity contribution in [3.05, 3.63) is 74.8 Å². The Kier molecular flexibility index (Phi) is 5.07. The van der Waals surface area contributed by atoms with Crippen molar-refractivity contribution in [2.75, 3.05) is 0 Å². The number of hydrogen-bond acceptors (Lipinski definition) is 3. The highest BCUT2D eigenvalue weighted by Gasteiger charge is 2.39. The van der Waals surface area contributed by atoms with E-state index >= 15 is 0 Å². The molecule has 0 aliphatic carbocycles. The number of benzene rings is 2. The molecule has 134 valence electrons. The minimum atomic E-state index is -1.17. The fourth-order valence-corrected chi connectivity index (χ4v) is 3.69. The second-order valence-corrected chi connectivity index (χ2v) is 7.34. The lowest BCUT2D eigenvalue weighted by molar-refractivity contribution is 0.184. The van der Waals surface area contributed by atoms with E-state index in [2.05, 4.69) is 26.4 Å². The zero-order chi connectivity index (χ0) is 18.9. The minimum Gasteiger partial charge on any atom is -0.465 e. The van der Waals surface area contributed by atoms with Crippen LogP contribution in [0.1, 0.15) is 23.7 Å². The number of amides is 1. The first kappa shape index (κ1) is 18.5. The van der Waals surface area contributed by atoms with Gasteiger partial charge < -0.3 is 14.9 Å². The number of nitrogens with one attached hydrogen (secondary N) is 1. The van der Waals surface area contributed by atoms with Gasteiger partial charge in [-0.05, 0) is 32.0 Å². The lowest BCUT2D eigenvalue weighted by Gasteiger charge is -2.31. The number of carbonyl (C=O) groups is 1. The lowest BCUT2D eigenvalue weighted by Crippen LogP contribution is -2.44. The molecule has 3 aromatic rings. The Morgan fingerprint density at radius 2 is 1.88 bits per heavy atom. The van der Waals surface area contributed by atoms with Crippen LogP contribution in [0, 0.1) is 6.92 Å². The highest BCUT2D eigenvalue weighted by atomic mass is 79.9. The van der Waals surface area contributed by atoms with Gasteiger partial charge in [-0.15, -0.1) is 0 Å². The molecule has 3 rings (SSSR count). The van der Waals surface area contributed by atoms with Gasteiger partial charge in [-0.3, -0.25) is 0 Å². The summed E-state index contributed by atoms with van der Waals surface area (Å²) in [5.74, 6) is 0.492. The summed E-state index contributed by atoms with van der Waals surface area (Å²) in [6, 6.07) is 14.6. The van der Waals surface area contributed by atoms with Crippen LogP contribution >= 0.6 is 27.5 Å². The third-order valence-electron chi connectivity index (χ3n) is 4.24. The molecule has 0 aliphatic heterocycles. The van der Waals surface area contributed by atoms with Gasteiger partial charge >= 0.3 is 6.09 Å². The van der Waals surface area contributed by atoms with Gasteiger partial charge in [0.05, 0.1) is 16.8 Å². The summed E-state index contributed by atoms with van der Waals surface area (Å²) < 4.78 is 6.50. The molecule has 0 aliphatic rings. The van der Waals surface area contributed by atoms with Crippen molar-refractivity contribution in [3.63, 3.8) is 0 Å². The van der Waals surface area contributed by atoms with Gasteiger partial charge in [0.2, 0.25) is 0 Å². The monoisotopic (exact) mass is 434 g/mol. The van der Waals surface area contributed by atoms with Gasteiger partial charge in [0.25, 0.3) is 0 Å². The number of aromatic nitrogens is 1. The van der Waals surface area contributed by atoms with Crippen molar-refractivity contribution in [1.82, 2.24) is 10.5 Å². The fourth-order valence-electron chi connectivity index (χ4n) is 3.10. The molecule has 0 spiro atoms. The Balaban J connectivity index is 2.26. The predicted octanol–water partition coefficient (Wildman–Crippen LogP) is 5.60. The molecule has 1 atom stereocenters. The van der Waals surface area contributed by atoms with Crippen molar-refractivity contribution >= 4 is 33.6 Å². The molecular weight excluding hydrogens is 420 g/mol. The third kappa shape index (κ3) is 3.34. The number of halogens is 2. The molecule has 2 aromatic carbocycles. The SMILES string of the molecule is Cc1noc(-c2ccc(Br)cc2)c1C(C)(NC(=O)O)c1ccccc1Cl. The van der Waals surface area contributed by atoms with Crippen LogP contribution in [-0.4, -0.2) is 16.4 Å². The molecule has 5 nitrogen and oxygen atoms in total. The Bertz CT molecular complexity index is 956.